The Hall–Kier alpha value is -2.20. The Morgan fingerprint density at radius 2 is 1.79 bits per heavy atom. The first-order valence-corrected chi connectivity index (χ1v) is 11.1. The molecular weight excluding hydrogens is 480 g/mol. The van der Waals surface area contributed by atoms with Gasteiger partial charge in [0, 0.05) is 22.6 Å². The molecule has 10 heteroatoms. The molecule has 1 N–H and O–H groups in total. The van der Waals surface area contributed by atoms with Crippen LogP contribution < -0.4 is 5.32 Å². The molecule has 152 valence electrons. The van der Waals surface area contributed by atoms with Crippen molar-refractivity contribution in [1.29, 1.82) is 0 Å². The highest BCUT2D eigenvalue weighted by molar-refractivity contribution is 9.10. The smallest absolute Gasteiger partial charge is 0.243 e. The first-order valence-electron chi connectivity index (χ1n) is 8.54. The van der Waals surface area contributed by atoms with Crippen molar-refractivity contribution < 1.29 is 13.2 Å². The van der Waals surface area contributed by atoms with E-state index in [2.05, 4.69) is 26.3 Å². The van der Waals surface area contributed by atoms with Gasteiger partial charge in [-0.05, 0) is 42.0 Å². The zero-order chi connectivity index (χ0) is 21.0. The number of hydrogen-bond donors (Lipinski definition) is 1. The standard InChI is InChI=1S/C19H18BrClN4O3S/c1-24(29(27,28)17-8-4-15(20)5-9-17)13-19(26)23-18-10-11-22-25(18)12-14-2-6-16(21)7-3-14/h2-11H,12-13H2,1H3,(H,23,26). The number of carbonyl (C=O) groups is 1. The van der Waals surface area contributed by atoms with Gasteiger partial charge in [-0.25, -0.2) is 13.1 Å². The van der Waals surface area contributed by atoms with Crippen molar-refractivity contribution in [2.75, 3.05) is 18.9 Å². The number of nitrogens with zero attached hydrogens (tertiary/aromatic N) is 3. The van der Waals surface area contributed by atoms with Gasteiger partial charge in [-0.2, -0.15) is 9.40 Å². The van der Waals surface area contributed by atoms with Crippen molar-refractivity contribution in [2.24, 2.45) is 0 Å². The van der Waals surface area contributed by atoms with Gasteiger partial charge in [-0.3, -0.25) is 4.79 Å². The van der Waals surface area contributed by atoms with E-state index in [4.69, 9.17) is 11.6 Å². The maximum atomic E-state index is 12.6. The van der Waals surface area contributed by atoms with Gasteiger partial charge in [0.05, 0.1) is 24.2 Å². The molecule has 3 aromatic rings. The molecule has 0 aliphatic rings. The number of rotatable bonds is 7. The number of likely N-dealkylation sites (N-methyl/N-ethyl adjacent to an activating group) is 1. The molecule has 3 rings (SSSR count). The fourth-order valence-electron chi connectivity index (χ4n) is 2.58. The van der Waals surface area contributed by atoms with Crippen LogP contribution in [0.1, 0.15) is 5.56 Å². The van der Waals surface area contributed by atoms with Gasteiger partial charge in [-0.1, -0.05) is 39.7 Å². The molecule has 0 saturated carbocycles. The minimum Gasteiger partial charge on any atom is -0.310 e. The van der Waals surface area contributed by atoms with Gasteiger partial charge in [0.2, 0.25) is 15.9 Å². The predicted octanol–water partition coefficient (Wildman–Crippen LogP) is 3.61. The van der Waals surface area contributed by atoms with Gasteiger partial charge in [0.25, 0.3) is 0 Å². The number of amides is 1. The van der Waals surface area contributed by atoms with Crippen LogP contribution in [0.3, 0.4) is 0 Å². The summed E-state index contributed by atoms with van der Waals surface area (Å²) in [5.74, 6) is 0.00503. The van der Waals surface area contributed by atoms with Crippen molar-refractivity contribution in [2.45, 2.75) is 11.4 Å². The Bertz CT molecular complexity index is 1100. The maximum absolute atomic E-state index is 12.6. The van der Waals surface area contributed by atoms with Crippen LogP contribution in [0, 0.1) is 0 Å². The highest BCUT2D eigenvalue weighted by atomic mass is 79.9. The van der Waals surface area contributed by atoms with Gasteiger partial charge in [0.15, 0.2) is 0 Å². The number of sulfonamides is 1. The molecule has 0 saturated heterocycles. The first kappa shape index (κ1) is 21.5. The van der Waals surface area contributed by atoms with Gasteiger partial charge in [0.1, 0.15) is 5.82 Å². The third-order valence-electron chi connectivity index (χ3n) is 4.12. The zero-order valence-corrected chi connectivity index (χ0v) is 18.6. The molecule has 0 unspecified atom stereocenters. The predicted molar refractivity (Wildman–Crippen MR) is 115 cm³/mol. The molecule has 0 atom stereocenters. The molecule has 0 bridgehead atoms. The minimum atomic E-state index is -3.78. The molecule has 0 radical (unpaired) electrons. The summed E-state index contributed by atoms with van der Waals surface area (Å²) in [5, 5.41) is 7.55. The van der Waals surface area contributed by atoms with Crippen LogP contribution in [-0.4, -0.2) is 42.0 Å². The van der Waals surface area contributed by atoms with E-state index in [0.717, 1.165) is 14.3 Å². The largest absolute Gasteiger partial charge is 0.310 e. The summed E-state index contributed by atoms with van der Waals surface area (Å²) in [7, 11) is -2.41. The Balaban J connectivity index is 1.66. The van der Waals surface area contributed by atoms with Crippen LogP contribution in [0.2, 0.25) is 5.02 Å². The van der Waals surface area contributed by atoms with E-state index in [1.54, 1.807) is 41.2 Å². The molecule has 0 aliphatic heterocycles. The van der Waals surface area contributed by atoms with Crippen molar-refractivity contribution in [3.05, 3.63) is 75.9 Å². The molecular formula is C19H18BrClN4O3S. The molecule has 1 heterocycles. The fourth-order valence-corrected chi connectivity index (χ4v) is 4.10. The summed E-state index contributed by atoms with van der Waals surface area (Å²) in [6.45, 7) is 0.108. The Labute approximate surface area is 182 Å². The third-order valence-corrected chi connectivity index (χ3v) is 6.72. The Morgan fingerprint density at radius 1 is 1.14 bits per heavy atom. The van der Waals surface area contributed by atoms with Crippen LogP contribution in [0.15, 0.2) is 70.2 Å². The van der Waals surface area contributed by atoms with Gasteiger partial charge >= 0.3 is 0 Å². The van der Waals surface area contributed by atoms with Crippen molar-refractivity contribution in [3.63, 3.8) is 0 Å². The summed E-state index contributed by atoms with van der Waals surface area (Å²) in [6.07, 6.45) is 1.56. The minimum absolute atomic E-state index is 0.115. The lowest BCUT2D eigenvalue weighted by molar-refractivity contribution is -0.116. The average Bonchev–Trinajstić information content (AvgIpc) is 3.10. The van der Waals surface area contributed by atoms with Crippen LogP contribution in [-0.2, 0) is 21.4 Å². The molecule has 7 nitrogen and oxygen atoms in total. The molecule has 2 aromatic carbocycles. The van der Waals surface area contributed by atoms with Crippen LogP contribution in [0.5, 0.6) is 0 Å². The molecule has 1 amide bonds. The number of anilines is 1. The van der Waals surface area contributed by atoms with Crippen molar-refractivity contribution in [3.8, 4) is 0 Å². The van der Waals surface area contributed by atoms with E-state index in [0.29, 0.717) is 17.4 Å². The molecule has 29 heavy (non-hydrogen) atoms. The Kier molecular flexibility index (Phi) is 6.74. The van der Waals surface area contributed by atoms with E-state index >= 15 is 0 Å². The van der Waals surface area contributed by atoms with Crippen molar-refractivity contribution in [1.82, 2.24) is 14.1 Å². The average molecular weight is 498 g/mol. The number of carbonyl (C=O) groups excluding carboxylic acids is 1. The lowest BCUT2D eigenvalue weighted by Gasteiger charge is -2.17. The van der Waals surface area contributed by atoms with E-state index in [1.807, 2.05) is 12.1 Å². The normalized spacial score (nSPS) is 11.6. The maximum Gasteiger partial charge on any atom is 0.243 e. The number of benzene rings is 2. The zero-order valence-electron chi connectivity index (χ0n) is 15.4. The number of nitrogens with one attached hydrogen (secondary N) is 1. The second kappa shape index (κ2) is 9.08. The topological polar surface area (TPSA) is 84.3 Å². The number of halogens is 2. The number of aromatic nitrogens is 2. The highest BCUT2D eigenvalue weighted by Crippen LogP contribution is 2.18. The molecule has 0 spiro atoms. The SMILES string of the molecule is CN(CC(=O)Nc1ccnn1Cc1ccc(Cl)cc1)S(=O)(=O)c1ccc(Br)cc1. The Morgan fingerprint density at radius 3 is 2.45 bits per heavy atom. The summed E-state index contributed by atoms with van der Waals surface area (Å²) in [6, 6.07) is 15.2. The van der Waals surface area contributed by atoms with E-state index in [-0.39, 0.29) is 11.4 Å². The quantitative estimate of drug-likeness (QED) is 0.540. The van der Waals surface area contributed by atoms with E-state index in [1.165, 1.54) is 19.2 Å². The van der Waals surface area contributed by atoms with Gasteiger partial charge < -0.3 is 5.32 Å². The molecule has 0 aliphatic carbocycles. The highest BCUT2D eigenvalue weighted by Gasteiger charge is 2.23. The lowest BCUT2D eigenvalue weighted by Crippen LogP contribution is -2.35. The first-order chi connectivity index (χ1) is 13.8. The molecule has 0 fully saturated rings. The summed E-state index contributed by atoms with van der Waals surface area (Å²) in [4.78, 5) is 12.5. The van der Waals surface area contributed by atoms with E-state index in [9.17, 15) is 13.2 Å². The van der Waals surface area contributed by atoms with Gasteiger partial charge in [-0.15, -0.1) is 0 Å². The van der Waals surface area contributed by atoms with Crippen LogP contribution in [0.4, 0.5) is 5.82 Å². The second-order valence-corrected chi connectivity index (χ2v) is 9.66. The van der Waals surface area contributed by atoms with E-state index < -0.39 is 15.9 Å². The monoisotopic (exact) mass is 496 g/mol. The molecule has 1 aromatic heterocycles. The summed E-state index contributed by atoms with van der Waals surface area (Å²) >= 11 is 9.16. The third kappa shape index (κ3) is 5.45. The summed E-state index contributed by atoms with van der Waals surface area (Å²) in [5.41, 5.74) is 0.962. The number of hydrogen-bond acceptors (Lipinski definition) is 4. The van der Waals surface area contributed by atoms with Crippen molar-refractivity contribution >= 4 is 49.3 Å². The fraction of sp³-hybridized carbons (Fsp3) is 0.158. The summed E-state index contributed by atoms with van der Waals surface area (Å²) < 4.78 is 28.6. The second-order valence-electron chi connectivity index (χ2n) is 6.26. The lowest BCUT2D eigenvalue weighted by atomic mass is 10.2. The van der Waals surface area contributed by atoms with Crippen LogP contribution >= 0.6 is 27.5 Å². The van der Waals surface area contributed by atoms with Crippen LogP contribution in [0.25, 0.3) is 0 Å².